The summed E-state index contributed by atoms with van der Waals surface area (Å²) in [5, 5.41) is 0. The third-order valence-corrected chi connectivity index (χ3v) is 3.60. The van der Waals surface area contributed by atoms with Gasteiger partial charge in [0.15, 0.2) is 0 Å². The number of ether oxygens (including phenoxy) is 2. The molecule has 0 aromatic rings. The van der Waals surface area contributed by atoms with E-state index in [2.05, 4.69) is 4.90 Å². The van der Waals surface area contributed by atoms with Crippen molar-refractivity contribution in [3.05, 3.63) is 0 Å². The van der Waals surface area contributed by atoms with E-state index in [-0.39, 0.29) is 0 Å². The maximum Gasteiger partial charge on any atom is 0.0593 e. The highest BCUT2D eigenvalue weighted by atomic mass is 35.5. The Morgan fingerprint density at radius 2 is 1.94 bits per heavy atom. The van der Waals surface area contributed by atoms with Crippen LogP contribution in [0.3, 0.4) is 0 Å². The molecule has 1 fully saturated rings. The molecular formula is C13H26ClNO2. The molecule has 1 aliphatic rings. The maximum atomic E-state index is 5.76. The lowest BCUT2D eigenvalue weighted by atomic mass is 9.91. The van der Waals surface area contributed by atoms with Crippen molar-refractivity contribution >= 4 is 11.6 Å². The molecular weight excluding hydrogens is 238 g/mol. The quantitative estimate of drug-likeness (QED) is 0.422. The topological polar surface area (TPSA) is 21.7 Å². The molecule has 0 aromatic carbocycles. The molecule has 0 saturated heterocycles. The van der Waals surface area contributed by atoms with E-state index in [9.17, 15) is 0 Å². The summed E-state index contributed by atoms with van der Waals surface area (Å²) in [7, 11) is 1.73. The van der Waals surface area contributed by atoms with E-state index in [1.807, 2.05) is 0 Å². The molecule has 1 aliphatic carbocycles. The number of nitrogens with zero attached hydrogens (tertiary/aromatic N) is 1. The molecule has 0 aliphatic heterocycles. The summed E-state index contributed by atoms with van der Waals surface area (Å²) in [6.07, 6.45) is 6.16. The minimum atomic E-state index is 0.762. The summed E-state index contributed by atoms with van der Waals surface area (Å²) in [6, 6.07) is 0.792. The molecule has 0 aromatic heterocycles. The highest BCUT2D eigenvalue weighted by Gasteiger charge is 2.23. The fraction of sp³-hybridized carbons (Fsp3) is 1.00. The lowest BCUT2D eigenvalue weighted by Gasteiger charge is -2.37. The molecule has 102 valence electrons. The standard InChI is InChI=1S/C13H26ClNO2/c1-16-10-4-11-17-12-9-15(8-3-7-14)13-5-2-6-13/h13H,2-12H2,1H3. The van der Waals surface area contributed by atoms with Crippen LogP contribution in [0.4, 0.5) is 0 Å². The fourth-order valence-corrected chi connectivity index (χ4v) is 2.20. The maximum absolute atomic E-state index is 5.76. The second kappa shape index (κ2) is 10.1. The van der Waals surface area contributed by atoms with Gasteiger partial charge in [-0.05, 0) is 32.2 Å². The molecule has 0 N–H and O–H groups in total. The lowest BCUT2D eigenvalue weighted by Crippen LogP contribution is -2.42. The molecule has 0 heterocycles. The Morgan fingerprint density at radius 3 is 2.53 bits per heavy atom. The van der Waals surface area contributed by atoms with Gasteiger partial charge in [-0.1, -0.05) is 6.42 Å². The van der Waals surface area contributed by atoms with Crippen molar-refractivity contribution in [3.8, 4) is 0 Å². The summed E-state index contributed by atoms with van der Waals surface area (Å²) in [4.78, 5) is 2.54. The van der Waals surface area contributed by atoms with Crippen LogP contribution in [0.1, 0.15) is 32.1 Å². The van der Waals surface area contributed by atoms with Crippen LogP contribution in [-0.4, -0.2) is 56.8 Å². The molecule has 0 unspecified atom stereocenters. The summed E-state index contributed by atoms with van der Waals surface area (Å²) in [5.41, 5.74) is 0. The largest absolute Gasteiger partial charge is 0.385 e. The van der Waals surface area contributed by atoms with Gasteiger partial charge >= 0.3 is 0 Å². The van der Waals surface area contributed by atoms with Crippen LogP contribution in [0.5, 0.6) is 0 Å². The van der Waals surface area contributed by atoms with Gasteiger partial charge < -0.3 is 9.47 Å². The SMILES string of the molecule is COCCCOCCN(CCCCl)C1CCC1. The van der Waals surface area contributed by atoms with Gasteiger partial charge in [0.05, 0.1) is 6.61 Å². The summed E-state index contributed by atoms with van der Waals surface area (Å²) >= 11 is 5.76. The van der Waals surface area contributed by atoms with Gasteiger partial charge in [0.2, 0.25) is 0 Å². The zero-order valence-electron chi connectivity index (χ0n) is 11.0. The Balaban J connectivity index is 2.02. The minimum Gasteiger partial charge on any atom is -0.385 e. The molecule has 0 radical (unpaired) electrons. The van der Waals surface area contributed by atoms with E-state index in [0.29, 0.717) is 0 Å². The first kappa shape index (κ1) is 15.2. The first-order valence-corrected chi connectivity index (χ1v) is 7.28. The van der Waals surface area contributed by atoms with E-state index in [1.54, 1.807) is 7.11 Å². The number of hydrogen-bond donors (Lipinski definition) is 0. The van der Waals surface area contributed by atoms with Crippen molar-refractivity contribution in [3.63, 3.8) is 0 Å². The smallest absolute Gasteiger partial charge is 0.0593 e. The van der Waals surface area contributed by atoms with Crippen LogP contribution in [-0.2, 0) is 9.47 Å². The predicted molar refractivity (Wildman–Crippen MR) is 71.9 cm³/mol. The molecule has 1 saturated carbocycles. The summed E-state index contributed by atoms with van der Waals surface area (Å²) < 4.78 is 10.6. The van der Waals surface area contributed by atoms with Crippen molar-refractivity contribution in [2.45, 2.75) is 38.1 Å². The van der Waals surface area contributed by atoms with Crippen LogP contribution in [0.25, 0.3) is 0 Å². The van der Waals surface area contributed by atoms with Gasteiger partial charge in [-0.2, -0.15) is 0 Å². The number of rotatable bonds is 11. The number of halogens is 1. The molecule has 4 heteroatoms. The highest BCUT2D eigenvalue weighted by molar-refractivity contribution is 6.17. The second-order valence-electron chi connectivity index (χ2n) is 4.62. The predicted octanol–water partition coefficient (Wildman–Crippen LogP) is 2.52. The van der Waals surface area contributed by atoms with E-state index in [1.165, 1.54) is 19.3 Å². The van der Waals surface area contributed by atoms with Crippen LogP contribution < -0.4 is 0 Å². The Morgan fingerprint density at radius 1 is 1.12 bits per heavy atom. The Labute approximate surface area is 110 Å². The Bertz CT molecular complexity index is 177. The number of methoxy groups -OCH3 is 1. The number of hydrogen-bond acceptors (Lipinski definition) is 3. The number of alkyl halides is 1. The lowest BCUT2D eigenvalue weighted by molar-refractivity contribution is 0.0555. The first-order valence-electron chi connectivity index (χ1n) is 6.75. The zero-order chi connectivity index (χ0) is 12.3. The van der Waals surface area contributed by atoms with Crippen molar-refractivity contribution in [1.82, 2.24) is 4.90 Å². The minimum absolute atomic E-state index is 0.762. The molecule has 0 amide bonds. The van der Waals surface area contributed by atoms with E-state index >= 15 is 0 Å². The van der Waals surface area contributed by atoms with E-state index < -0.39 is 0 Å². The first-order chi connectivity index (χ1) is 8.38. The Hall–Kier alpha value is 0.170. The third kappa shape index (κ3) is 6.61. The van der Waals surface area contributed by atoms with Crippen LogP contribution in [0, 0.1) is 0 Å². The molecule has 0 spiro atoms. The zero-order valence-corrected chi connectivity index (χ0v) is 11.8. The van der Waals surface area contributed by atoms with Crippen molar-refractivity contribution < 1.29 is 9.47 Å². The van der Waals surface area contributed by atoms with Crippen molar-refractivity contribution in [1.29, 1.82) is 0 Å². The molecule has 0 atom stereocenters. The second-order valence-corrected chi connectivity index (χ2v) is 5.00. The fourth-order valence-electron chi connectivity index (χ4n) is 2.08. The van der Waals surface area contributed by atoms with Crippen molar-refractivity contribution in [2.75, 3.05) is 45.9 Å². The highest BCUT2D eigenvalue weighted by Crippen LogP contribution is 2.24. The third-order valence-electron chi connectivity index (χ3n) is 3.33. The van der Waals surface area contributed by atoms with Gasteiger partial charge in [-0.3, -0.25) is 4.90 Å². The average molecular weight is 264 g/mol. The summed E-state index contributed by atoms with van der Waals surface area (Å²) in [6.45, 7) is 4.60. The average Bonchev–Trinajstić information content (AvgIpc) is 2.27. The van der Waals surface area contributed by atoms with Gasteiger partial charge in [0.25, 0.3) is 0 Å². The molecule has 17 heavy (non-hydrogen) atoms. The normalized spacial score (nSPS) is 16.4. The summed E-state index contributed by atoms with van der Waals surface area (Å²) in [5.74, 6) is 0.762. The van der Waals surface area contributed by atoms with E-state index in [0.717, 1.165) is 57.7 Å². The van der Waals surface area contributed by atoms with E-state index in [4.69, 9.17) is 21.1 Å². The van der Waals surface area contributed by atoms with Gasteiger partial charge in [-0.15, -0.1) is 11.6 Å². The van der Waals surface area contributed by atoms with Crippen LogP contribution in [0.2, 0.25) is 0 Å². The Kier molecular flexibility index (Phi) is 9.07. The molecule has 0 bridgehead atoms. The van der Waals surface area contributed by atoms with Crippen LogP contribution >= 0.6 is 11.6 Å². The van der Waals surface area contributed by atoms with Crippen LogP contribution in [0.15, 0.2) is 0 Å². The monoisotopic (exact) mass is 263 g/mol. The molecule has 1 rings (SSSR count). The van der Waals surface area contributed by atoms with Gasteiger partial charge in [0.1, 0.15) is 0 Å². The van der Waals surface area contributed by atoms with Crippen molar-refractivity contribution in [2.24, 2.45) is 0 Å². The molecule has 3 nitrogen and oxygen atoms in total. The van der Waals surface area contributed by atoms with Gasteiger partial charge in [-0.25, -0.2) is 0 Å². The van der Waals surface area contributed by atoms with Gasteiger partial charge in [0, 0.05) is 38.8 Å².